The van der Waals surface area contributed by atoms with Gasteiger partial charge in [-0.1, -0.05) is 41.6 Å². The highest BCUT2D eigenvalue weighted by atomic mass is 35.5. The maximum Gasteiger partial charge on any atom is 0.366 e. The van der Waals surface area contributed by atoms with Gasteiger partial charge in [0.25, 0.3) is 0 Å². The van der Waals surface area contributed by atoms with E-state index in [4.69, 9.17) is 23.2 Å². The van der Waals surface area contributed by atoms with E-state index in [0.717, 1.165) is 5.41 Å². The van der Waals surface area contributed by atoms with E-state index in [0.29, 0.717) is 41.5 Å². The molecule has 1 aromatic carbocycles. The number of hydrogen-bond donors (Lipinski definition) is 2. The fourth-order valence-electron chi connectivity index (χ4n) is 2.57. The van der Waals surface area contributed by atoms with Gasteiger partial charge < -0.3 is 10.2 Å². The zero-order valence-corrected chi connectivity index (χ0v) is 17.2. The Bertz CT molecular complexity index is 870. The van der Waals surface area contributed by atoms with Crippen LogP contribution in [-0.2, 0) is 10.0 Å². The van der Waals surface area contributed by atoms with E-state index in [-0.39, 0.29) is 18.1 Å². The van der Waals surface area contributed by atoms with Crippen molar-refractivity contribution >= 4 is 39.3 Å². The molecule has 1 fully saturated rings. The highest BCUT2D eigenvalue weighted by molar-refractivity contribution is 7.92. The predicted octanol–water partition coefficient (Wildman–Crippen LogP) is 3.13. The first-order chi connectivity index (χ1) is 12.7. The van der Waals surface area contributed by atoms with Gasteiger partial charge in [0.1, 0.15) is 0 Å². The smallest absolute Gasteiger partial charge is 0.325 e. The molecule has 1 aliphatic rings. The summed E-state index contributed by atoms with van der Waals surface area (Å²) in [5, 5.41) is 4.73. The molecule has 2 unspecified atom stereocenters. The van der Waals surface area contributed by atoms with Crippen molar-refractivity contribution in [3.05, 3.63) is 45.8 Å². The van der Waals surface area contributed by atoms with Gasteiger partial charge in [0.05, 0.1) is 21.5 Å². The van der Waals surface area contributed by atoms with Crippen LogP contribution in [-0.4, -0.2) is 44.5 Å². The highest BCUT2D eigenvalue weighted by Crippen LogP contribution is 2.22. The van der Waals surface area contributed by atoms with E-state index in [1.165, 1.54) is 0 Å². The van der Waals surface area contributed by atoms with Crippen LogP contribution in [0.2, 0.25) is 10.0 Å². The van der Waals surface area contributed by atoms with Gasteiger partial charge in [0.15, 0.2) is 0 Å². The fraction of sp³-hybridized carbons (Fsp3) is 0.389. The second-order valence-corrected chi connectivity index (χ2v) is 8.70. The lowest BCUT2D eigenvalue weighted by molar-refractivity contribution is 0.179. The van der Waals surface area contributed by atoms with Crippen LogP contribution in [0.4, 0.5) is 4.79 Å². The van der Waals surface area contributed by atoms with Crippen LogP contribution in [0.5, 0.6) is 0 Å². The minimum Gasteiger partial charge on any atom is -0.325 e. The molecule has 146 valence electrons. The SMILES string of the molecule is C=CS(=O)(=[OH+])NC1CCN(C(=O)NC(C)C#Cc2ccc(Cl)c(Cl)c2)CC1. The van der Waals surface area contributed by atoms with E-state index in [1.807, 2.05) is 0 Å². The fourth-order valence-corrected chi connectivity index (χ4v) is 3.67. The summed E-state index contributed by atoms with van der Waals surface area (Å²) in [4.78, 5) is 14.0. The predicted molar refractivity (Wildman–Crippen MR) is 109 cm³/mol. The van der Waals surface area contributed by atoms with Crippen LogP contribution < -0.4 is 10.0 Å². The molecule has 0 aromatic heterocycles. The molecule has 1 saturated heterocycles. The van der Waals surface area contributed by atoms with Crippen LogP contribution in [0.15, 0.2) is 30.2 Å². The number of hydrogen-bond acceptors (Lipinski definition) is 2. The van der Waals surface area contributed by atoms with Crippen molar-refractivity contribution < 1.29 is 13.2 Å². The average molecular weight is 431 g/mol. The van der Waals surface area contributed by atoms with E-state index in [2.05, 4.69) is 28.5 Å². The summed E-state index contributed by atoms with van der Waals surface area (Å²) in [6.45, 7) is 6.10. The largest absolute Gasteiger partial charge is 0.366 e. The van der Waals surface area contributed by atoms with Crippen molar-refractivity contribution in [2.24, 2.45) is 0 Å². The molecule has 0 saturated carbocycles. The Balaban J connectivity index is 1.84. The Hall–Kier alpha value is -1.72. The standard InChI is InChI=1S/C18H21Cl2N3O3S/c1-3-27(25,26)22-15-8-10-23(11-9-15)18(24)21-13(2)4-5-14-6-7-16(19)17(20)12-14/h3,6-7,12-13,15H,1,8-11H2,2H3,(H,21,24)(H,22,25,26)/p+1. The Labute approximate surface area is 170 Å². The summed E-state index contributed by atoms with van der Waals surface area (Å²) in [5.41, 5.74) is 0.715. The number of amides is 2. The first kappa shape index (κ1) is 21.6. The van der Waals surface area contributed by atoms with Crippen LogP contribution in [0, 0.1) is 11.8 Å². The highest BCUT2D eigenvalue weighted by Gasteiger charge is 2.26. The summed E-state index contributed by atoms with van der Waals surface area (Å²) < 4.78 is 23.8. The molecule has 1 heterocycles. The van der Waals surface area contributed by atoms with Crippen LogP contribution in [0.25, 0.3) is 0 Å². The minimum atomic E-state index is -3.21. The topological polar surface area (TPSA) is 82.8 Å². The van der Waals surface area contributed by atoms with Crippen LogP contribution in [0.3, 0.4) is 0 Å². The second kappa shape index (κ2) is 9.47. The first-order valence-electron chi connectivity index (χ1n) is 8.38. The molecule has 6 nitrogen and oxygen atoms in total. The van der Waals surface area contributed by atoms with E-state index in [1.54, 1.807) is 30.0 Å². The molecule has 2 atom stereocenters. The third-order valence-corrected chi connectivity index (χ3v) is 5.90. The lowest BCUT2D eigenvalue weighted by Gasteiger charge is -2.31. The number of piperidine rings is 1. The number of nitrogens with one attached hydrogen (secondary N) is 2. The Morgan fingerprint density at radius 3 is 2.67 bits per heavy atom. The first-order valence-corrected chi connectivity index (χ1v) is 10.7. The molecule has 0 bridgehead atoms. The van der Waals surface area contributed by atoms with Gasteiger partial charge in [-0.15, -0.1) is 0 Å². The zero-order valence-electron chi connectivity index (χ0n) is 14.9. The van der Waals surface area contributed by atoms with Gasteiger partial charge in [-0.3, -0.25) is 0 Å². The third kappa shape index (κ3) is 6.74. The maximum atomic E-state index is 12.3. The molecule has 2 rings (SSSR count). The quantitative estimate of drug-likeness (QED) is 0.567. The molecule has 27 heavy (non-hydrogen) atoms. The molecular weight excluding hydrogens is 409 g/mol. The van der Waals surface area contributed by atoms with Crippen molar-refractivity contribution in [2.75, 3.05) is 13.1 Å². The van der Waals surface area contributed by atoms with Gasteiger partial charge in [0, 0.05) is 24.7 Å². The van der Waals surface area contributed by atoms with Crippen LogP contribution in [0.1, 0.15) is 25.3 Å². The van der Waals surface area contributed by atoms with Crippen molar-refractivity contribution in [3.8, 4) is 11.8 Å². The van der Waals surface area contributed by atoms with Crippen LogP contribution >= 0.6 is 23.2 Å². The normalized spacial score (nSPS) is 18.0. The van der Waals surface area contributed by atoms with E-state index < -0.39 is 10.0 Å². The summed E-state index contributed by atoms with van der Waals surface area (Å²) in [6.07, 6.45) is 1.17. The molecule has 0 aliphatic carbocycles. The average Bonchev–Trinajstić information content (AvgIpc) is 2.63. The molecule has 0 spiro atoms. The third-order valence-electron chi connectivity index (χ3n) is 4.04. The molecular formula is C18H22Cl2N3O3S+. The van der Waals surface area contributed by atoms with Crippen molar-refractivity contribution in [3.63, 3.8) is 0 Å². The number of likely N-dealkylation sites (tertiary alicyclic amines) is 1. The number of benzene rings is 1. The zero-order chi connectivity index (χ0) is 20.0. The lowest BCUT2D eigenvalue weighted by Crippen LogP contribution is -2.50. The molecule has 2 amide bonds. The van der Waals surface area contributed by atoms with E-state index in [9.17, 15) is 13.2 Å². The number of urea groups is 1. The second-order valence-electron chi connectivity index (χ2n) is 6.18. The monoisotopic (exact) mass is 430 g/mol. The Morgan fingerprint density at radius 2 is 2.07 bits per heavy atom. The number of nitrogens with zero attached hydrogens (tertiary/aromatic N) is 1. The lowest BCUT2D eigenvalue weighted by atomic mass is 10.1. The summed E-state index contributed by atoms with van der Waals surface area (Å²) >= 11 is 11.8. The van der Waals surface area contributed by atoms with E-state index >= 15 is 0 Å². The van der Waals surface area contributed by atoms with Gasteiger partial charge in [-0.2, -0.15) is 8.93 Å². The number of halogens is 2. The molecule has 3 N–H and O–H groups in total. The molecule has 1 aromatic rings. The summed E-state index contributed by atoms with van der Waals surface area (Å²) in [7, 11) is -3.21. The Morgan fingerprint density at radius 1 is 1.41 bits per heavy atom. The van der Waals surface area contributed by atoms with Gasteiger partial charge in [-0.05, 0) is 38.0 Å². The Kier molecular flexibility index (Phi) is 7.57. The number of rotatable bonds is 4. The summed E-state index contributed by atoms with van der Waals surface area (Å²) in [5.74, 6) is 5.91. The van der Waals surface area contributed by atoms with Gasteiger partial charge in [-0.25, -0.2) is 9.00 Å². The number of carbonyl (C=O) groups excluding carboxylic acids is 1. The van der Waals surface area contributed by atoms with Crippen molar-refractivity contribution in [1.29, 1.82) is 0 Å². The van der Waals surface area contributed by atoms with Gasteiger partial charge >= 0.3 is 16.1 Å². The van der Waals surface area contributed by atoms with Crippen molar-refractivity contribution in [1.82, 2.24) is 14.9 Å². The number of carbonyl (C=O) groups is 1. The molecule has 9 heteroatoms. The minimum absolute atomic E-state index is 0.128. The summed E-state index contributed by atoms with van der Waals surface area (Å²) in [6, 6.07) is 4.42. The van der Waals surface area contributed by atoms with Gasteiger partial charge in [0.2, 0.25) is 0 Å². The maximum absolute atomic E-state index is 12.3. The molecule has 1 aliphatic heterocycles. The molecule has 0 radical (unpaired) electrons. The van der Waals surface area contributed by atoms with Crippen molar-refractivity contribution in [2.45, 2.75) is 31.8 Å².